The SMILES string of the molecule is CC(C)(C)OC(=O)NC1=N[C@H]2[C@H](CS[C@H]2CCCCCOCCCCN)N1.CC(C)(C)OC(=O)NCCOCCOCCN(CC(=O)NCCCCOCCCCC[C@@H]1SC[C@@H]2NC(NC(=O)OC(C)(C)C)=N[C@@H]21)CC(=O)NCCCCOCCCCC[C@@H]1SC[C@@H]2N=C(NC(=O)OC(C)(C)C)N[C@@H]21.CC(C)(C)OC(=O)NCCOCCOCCN(CC(=O)O)CC(=O)O.ClCCl. The van der Waals surface area contributed by atoms with Crippen molar-refractivity contribution < 1.29 is 110 Å². The number of aliphatic imine (C=N–C) groups is 3. The van der Waals surface area contributed by atoms with Gasteiger partial charge in [-0.3, -0.25) is 44.9 Å². The number of rotatable bonds is 58. The number of thioether (sulfide) groups is 3. The van der Waals surface area contributed by atoms with Gasteiger partial charge in [0.25, 0.3) is 0 Å². The van der Waals surface area contributed by atoms with Crippen molar-refractivity contribution >= 4 is 131 Å². The van der Waals surface area contributed by atoms with Gasteiger partial charge in [0.15, 0.2) is 0 Å². The van der Waals surface area contributed by atoms with Crippen LogP contribution in [0.1, 0.15) is 219 Å². The summed E-state index contributed by atoms with van der Waals surface area (Å²) in [5.41, 5.74) is 2.70. The molecule has 3 fully saturated rings. The van der Waals surface area contributed by atoms with Crippen molar-refractivity contribution in [1.29, 1.82) is 0 Å². The molecule has 7 amide bonds. The third-order valence-electron chi connectivity index (χ3n) is 19.3. The number of hydrogen-bond acceptors (Lipinski definition) is 33. The molecule has 9 atom stereocenters. The second-order valence-electron chi connectivity index (χ2n) is 37.3. The molecule has 6 heterocycles. The summed E-state index contributed by atoms with van der Waals surface area (Å²) in [6, 6.07) is 1.34. The molecule has 39 nitrogen and oxygen atoms in total. The summed E-state index contributed by atoms with van der Waals surface area (Å²) in [7, 11) is 0. The number of alkyl carbamates (subject to hydrolysis) is 5. The second-order valence-corrected chi connectivity index (χ2v) is 41.9. The number of amides is 7. The van der Waals surface area contributed by atoms with Crippen LogP contribution in [0, 0.1) is 0 Å². The number of carbonyl (C=O) groups excluding carboxylic acids is 7. The van der Waals surface area contributed by atoms with Gasteiger partial charge < -0.3 is 110 Å². The number of aliphatic carboxylic acids is 2. The van der Waals surface area contributed by atoms with Crippen LogP contribution in [-0.2, 0) is 76.0 Å². The Kier molecular flexibility index (Phi) is 61.8. The van der Waals surface area contributed by atoms with Gasteiger partial charge in [-0.2, -0.15) is 35.3 Å². The van der Waals surface area contributed by atoms with Gasteiger partial charge in [0.2, 0.25) is 29.7 Å². The predicted octanol–water partition coefficient (Wildman–Crippen LogP) is 9.54. The fourth-order valence-corrected chi connectivity index (χ4v) is 18.1. The number of halogens is 2. The number of carboxylic acid groups (broad SMARTS) is 2. The van der Waals surface area contributed by atoms with Crippen LogP contribution in [0.15, 0.2) is 15.0 Å². The zero-order chi connectivity index (χ0) is 97.8. The summed E-state index contributed by atoms with van der Waals surface area (Å²) in [5, 5.41) is 48.4. The summed E-state index contributed by atoms with van der Waals surface area (Å²) in [5.74, 6) is 1.98. The second kappa shape index (κ2) is 68.0. The Bertz CT molecular complexity index is 3360. The zero-order valence-electron chi connectivity index (χ0n) is 81.2. The van der Waals surface area contributed by atoms with Crippen LogP contribution in [0.25, 0.3) is 0 Å². The molecule has 0 aromatic heterocycles. The van der Waals surface area contributed by atoms with Crippen LogP contribution >= 0.6 is 58.5 Å². The Labute approximate surface area is 806 Å². The predicted molar refractivity (Wildman–Crippen MR) is 518 cm³/mol. The van der Waals surface area contributed by atoms with Gasteiger partial charge in [-0.15, -0.1) is 23.2 Å². The monoisotopic (exact) mass is 1980 g/mol. The molecule has 6 aliphatic heterocycles. The molecule has 6 rings (SSSR count). The topological polar surface area (TPSA) is 495 Å². The van der Waals surface area contributed by atoms with Crippen molar-refractivity contribution in [3.05, 3.63) is 0 Å². The van der Waals surface area contributed by atoms with Crippen molar-refractivity contribution in [2.75, 3.05) is 187 Å². The van der Waals surface area contributed by atoms with E-state index in [1.54, 1.807) is 46.4 Å². The lowest BCUT2D eigenvalue weighted by Crippen LogP contribution is -2.46. The van der Waals surface area contributed by atoms with E-state index in [2.05, 4.69) is 58.2 Å². The highest BCUT2D eigenvalue weighted by Crippen LogP contribution is 2.38. The van der Waals surface area contributed by atoms with E-state index in [9.17, 15) is 43.2 Å². The summed E-state index contributed by atoms with van der Waals surface area (Å²) < 4.78 is 65.5. The Hall–Kier alpha value is -6.13. The number of carboxylic acids is 2. The van der Waals surface area contributed by atoms with E-state index in [0.29, 0.717) is 138 Å². The number of alkyl halides is 2. The van der Waals surface area contributed by atoms with Gasteiger partial charge in [0, 0.05) is 112 Å². The van der Waals surface area contributed by atoms with E-state index in [4.69, 9.17) is 106 Å². The maximum absolute atomic E-state index is 13.0. The number of ether oxygens (including phenoxy) is 12. The molecule has 0 aromatic carbocycles. The van der Waals surface area contributed by atoms with Crippen molar-refractivity contribution in [2.45, 2.75) is 299 Å². The average molecular weight is 1980 g/mol. The molecule has 132 heavy (non-hydrogen) atoms. The lowest BCUT2D eigenvalue weighted by Gasteiger charge is -2.21. The average Bonchev–Trinajstić information content (AvgIpc) is 1.67. The van der Waals surface area contributed by atoms with E-state index in [0.717, 1.165) is 140 Å². The third-order valence-corrected chi connectivity index (χ3v) is 23.8. The standard InChI is InChI=1S/C53H96N10O12S2.C19H36N4O3S.C15H28N2O8.CH2Cl2/c1-51(2,3)73-48(66)56-24-30-71-32-33-72-31-25-63(34-42(64)54-22-14-18-28-69-26-16-10-12-20-40-44-38(36-76-40)57-46(59-44)61-49(67)74-52(4,5)6)35-43(65)55-23-15-19-29-70-27-17-11-13-21-41-45-39(37-77-41)58-47(60-45)62-50(68)75-53(7,8)9;1-19(2,3)26-18(24)23-17-21-14-13-27-15(16(14)22-17)9-5-4-7-11-25-12-8-6-10-20;1-15(2,3)25-14(22)16-4-6-23-8-9-24-7-5-17(10-12(18)19)11-13(20)21;2-1-3/h38-41,44-45H,10-37H2,1-9H3,(H,54,64)(H,55,65)(H,56,66)(H2,57,59,61,67)(H2,58,60,62,68);14-16H,4-13,20H2,1-3H3,(H2,21,22,23,24);4-11H2,1-3H3,(H,16,22)(H,18,19)(H,20,21);1H2/t38-,39-,40-,41-,44-,45-;14-,15-,16-;;/m00../s1. The lowest BCUT2D eigenvalue weighted by atomic mass is 10.0. The van der Waals surface area contributed by atoms with Crippen molar-refractivity contribution in [2.24, 2.45) is 20.7 Å². The highest BCUT2D eigenvalue weighted by atomic mass is 35.5. The first-order chi connectivity index (χ1) is 62.5. The molecule has 0 bridgehead atoms. The van der Waals surface area contributed by atoms with E-state index in [1.807, 2.05) is 97.6 Å². The summed E-state index contributed by atoms with van der Waals surface area (Å²) in [4.78, 5) is 124. The highest BCUT2D eigenvalue weighted by Gasteiger charge is 2.44. The molecule has 0 spiro atoms. The fourth-order valence-electron chi connectivity index (χ4n) is 13.6. The Morgan fingerprint density at radius 2 is 0.682 bits per heavy atom. The minimum absolute atomic E-state index is 0.0574. The molecule has 764 valence electrons. The van der Waals surface area contributed by atoms with Gasteiger partial charge in [0.1, 0.15) is 28.0 Å². The first-order valence-electron chi connectivity index (χ1n) is 46.6. The van der Waals surface area contributed by atoms with Gasteiger partial charge in [-0.1, -0.05) is 38.5 Å². The molecule has 3 saturated heterocycles. The van der Waals surface area contributed by atoms with Crippen molar-refractivity contribution in [1.82, 2.24) is 63.0 Å². The molecule has 0 radical (unpaired) electrons. The van der Waals surface area contributed by atoms with Gasteiger partial charge in [0.05, 0.1) is 121 Å². The molecule has 14 N–H and O–H groups in total. The lowest BCUT2D eigenvalue weighted by molar-refractivity contribution is -0.142. The molecule has 44 heteroatoms. The number of nitrogens with zero attached hydrogens (tertiary/aromatic N) is 5. The van der Waals surface area contributed by atoms with Gasteiger partial charge >= 0.3 is 42.4 Å². The van der Waals surface area contributed by atoms with Gasteiger partial charge in [-0.05, 0) is 187 Å². The number of unbranched alkanes of at least 4 members (excludes halogenated alkanes) is 9. The van der Waals surface area contributed by atoms with Crippen LogP contribution in [0.2, 0.25) is 0 Å². The van der Waals surface area contributed by atoms with Crippen molar-refractivity contribution in [3.8, 4) is 0 Å². The first-order valence-corrected chi connectivity index (χ1v) is 50.8. The number of nitrogens with two attached hydrogens (primary N) is 1. The molecular formula is C88H162Cl2N16O23S3. The Balaban J connectivity index is 0.000000657. The first kappa shape index (κ1) is 120. The molecule has 0 saturated carbocycles. The zero-order valence-corrected chi connectivity index (χ0v) is 85.2. The maximum atomic E-state index is 13.0. The molecule has 0 aromatic rings. The molecule has 0 aliphatic carbocycles. The summed E-state index contributed by atoms with van der Waals surface area (Å²) >= 11 is 15.4. The highest BCUT2D eigenvalue weighted by molar-refractivity contribution is 8.00. The van der Waals surface area contributed by atoms with Crippen LogP contribution in [0.3, 0.4) is 0 Å². The smallest absolute Gasteiger partial charge is 0.414 e. The minimum atomic E-state index is -1.10. The number of guanidine groups is 3. The van der Waals surface area contributed by atoms with Crippen LogP contribution in [0.5, 0.6) is 0 Å². The summed E-state index contributed by atoms with van der Waals surface area (Å²) in [6.07, 6.45) is 16.0. The van der Waals surface area contributed by atoms with Gasteiger partial charge in [-0.25, -0.2) is 38.9 Å². The number of fused-ring (bicyclic) bond motifs is 3. The maximum Gasteiger partial charge on any atom is 0.414 e. The van der Waals surface area contributed by atoms with Crippen LogP contribution in [0.4, 0.5) is 24.0 Å². The fraction of sp³-hybridized carbons (Fsp3) is 0.864. The Morgan fingerprint density at radius 3 is 1.04 bits per heavy atom. The van der Waals surface area contributed by atoms with Crippen LogP contribution < -0.4 is 58.9 Å². The van der Waals surface area contributed by atoms with Crippen LogP contribution in [-0.4, -0.2) is 359 Å². The largest absolute Gasteiger partial charge is 0.480 e. The van der Waals surface area contributed by atoms with E-state index in [-0.39, 0.29) is 93.3 Å². The molecular weight excluding hydrogens is 1820 g/mol. The normalized spacial score (nSPS) is 19.4. The Morgan fingerprint density at radius 1 is 0.371 bits per heavy atom. The number of nitrogens with one attached hydrogen (secondary N) is 10. The minimum Gasteiger partial charge on any atom is -0.480 e. The van der Waals surface area contributed by atoms with Crippen molar-refractivity contribution in [3.63, 3.8) is 0 Å². The number of hydrogen-bond donors (Lipinski definition) is 13. The quantitative estimate of drug-likeness (QED) is 0.0153. The van der Waals surface area contributed by atoms with E-state index < -0.39 is 70.4 Å². The van der Waals surface area contributed by atoms with E-state index in [1.165, 1.54) is 17.7 Å². The molecule has 0 unspecified atom stereocenters. The third kappa shape index (κ3) is 62.6. The summed E-state index contributed by atoms with van der Waals surface area (Å²) in [6.45, 7) is 36.3. The van der Waals surface area contributed by atoms with E-state index >= 15 is 0 Å². The number of carbonyl (C=O) groups is 9. The molecule has 6 aliphatic rings.